The van der Waals surface area contributed by atoms with Crippen molar-refractivity contribution in [2.24, 2.45) is 0 Å². The molecule has 0 fully saturated rings. The van der Waals surface area contributed by atoms with Crippen LogP contribution in [0.1, 0.15) is 29.6 Å². The molecule has 0 unspecified atom stereocenters. The molecular formula is C15H12F2N6O2. The van der Waals surface area contributed by atoms with Gasteiger partial charge in [-0.1, -0.05) is 0 Å². The van der Waals surface area contributed by atoms with Gasteiger partial charge in [-0.15, -0.1) is 0 Å². The monoisotopic (exact) mass is 346 g/mol. The van der Waals surface area contributed by atoms with E-state index in [1.54, 1.807) is 13.0 Å². The molecule has 0 saturated heterocycles. The third-order valence-electron chi connectivity index (χ3n) is 3.43. The molecule has 25 heavy (non-hydrogen) atoms. The number of aromatic nitrogens is 4. The number of anilines is 1. The zero-order chi connectivity index (χ0) is 18.2. The lowest BCUT2D eigenvalue weighted by molar-refractivity contribution is -0.159. The van der Waals surface area contributed by atoms with E-state index in [-0.39, 0.29) is 17.9 Å². The van der Waals surface area contributed by atoms with Crippen LogP contribution in [0.5, 0.6) is 5.75 Å². The Morgan fingerprint density at radius 2 is 2.08 bits per heavy atom. The number of halogens is 2. The van der Waals surface area contributed by atoms with Gasteiger partial charge in [0.1, 0.15) is 6.07 Å². The Morgan fingerprint density at radius 3 is 2.76 bits per heavy atom. The van der Waals surface area contributed by atoms with E-state index in [9.17, 15) is 8.78 Å². The number of ether oxygens (including phenoxy) is 1. The van der Waals surface area contributed by atoms with E-state index in [2.05, 4.69) is 29.6 Å². The van der Waals surface area contributed by atoms with Gasteiger partial charge in [0.05, 0.1) is 5.69 Å². The molecule has 0 saturated carbocycles. The molecule has 8 nitrogen and oxygen atoms in total. The summed E-state index contributed by atoms with van der Waals surface area (Å²) in [5.74, 6) is -0.294. The van der Waals surface area contributed by atoms with E-state index in [0.717, 1.165) is 0 Å². The van der Waals surface area contributed by atoms with Gasteiger partial charge < -0.3 is 10.5 Å². The molecule has 10 heteroatoms. The molecule has 0 aromatic carbocycles. The number of hydrogen-bond acceptors (Lipinski definition) is 8. The maximum atomic E-state index is 13.0. The molecule has 0 aliphatic rings. The summed E-state index contributed by atoms with van der Waals surface area (Å²) in [5.41, 5.74) is 8.46. The molecule has 3 aromatic rings. The first-order valence-electron chi connectivity index (χ1n) is 7.12. The fourth-order valence-electron chi connectivity index (χ4n) is 2.34. The number of hydrogen-bond donors (Lipinski definition) is 1. The molecule has 0 atom stereocenters. The van der Waals surface area contributed by atoms with Crippen molar-refractivity contribution in [2.75, 3.05) is 5.73 Å². The van der Waals surface area contributed by atoms with Crippen molar-refractivity contribution in [3.63, 3.8) is 0 Å². The van der Waals surface area contributed by atoms with Crippen LogP contribution in [0.2, 0.25) is 0 Å². The average molecular weight is 346 g/mol. The average Bonchev–Trinajstić information content (AvgIpc) is 2.99. The Morgan fingerprint density at radius 1 is 1.32 bits per heavy atom. The number of nitrogens with zero attached hydrogens (tertiary/aromatic N) is 5. The second kappa shape index (κ2) is 5.94. The second-order valence-electron chi connectivity index (χ2n) is 5.37. The molecule has 0 spiro atoms. The van der Waals surface area contributed by atoms with Gasteiger partial charge in [0.25, 0.3) is 0 Å². The molecule has 0 bridgehead atoms. The summed E-state index contributed by atoms with van der Waals surface area (Å²) >= 11 is 0. The lowest BCUT2D eigenvalue weighted by atomic mass is 10.0. The van der Waals surface area contributed by atoms with Gasteiger partial charge in [-0.25, -0.2) is 14.6 Å². The standard InChI is InChI=1S/C15H12F2N6O2/c1-7-9(12(19)13-14(20-7)23-25-22-13)5-8-3-4-11(10(6-18)21-8)24-15(2,16)17/h3-4H,5,19H2,1-2H3. The molecular weight excluding hydrogens is 334 g/mol. The third kappa shape index (κ3) is 3.30. The molecule has 0 amide bonds. The maximum Gasteiger partial charge on any atom is 0.395 e. The molecule has 2 N–H and O–H groups in total. The minimum absolute atomic E-state index is 0.227. The largest absolute Gasteiger partial charge is 0.430 e. The topological polar surface area (TPSA) is 124 Å². The summed E-state index contributed by atoms with van der Waals surface area (Å²) in [7, 11) is 0. The highest BCUT2D eigenvalue weighted by Crippen LogP contribution is 2.27. The highest BCUT2D eigenvalue weighted by atomic mass is 19.3. The van der Waals surface area contributed by atoms with Crippen molar-refractivity contribution >= 4 is 16.9 Å². The van der Waals surface area contributed by atoms with E-state index in [0.29, 0.717) is 40.7 Å². The van der Waals surface area contributed by atoms with Gasteiger partial charge in [0, 0.05) is 30.3 Å². The first-order chi connectivity index (χ1) is 11.8. The quantitative estimate of drug-likeness (QED) is 0.763. The van der Waals surface area contributed by atoms with Crippen LogP contribution >= 0.6 is 0 Å². The van der Waals surface area contributed by atoms with Gasteiger partial charge in [0.15, 0.2) is 17.0 Å². The minimum Gasteiger partial charge on any atom is -0.430 e. The summed E-state index contributed by atoms with van der Waals surface area (Å²) in [6, 6.07) is 4.49. The smallest absolute Gasteiger partial charge is 0.395 e. The zero-order valence-corrected chi connectivity index (χ0v) is 13.2. The normalized spacial score (nSPS) is 11.5. The van der Waals surface area contributed by atoms with Crippen LogP contribution in [-0.2, 0) is 6.42 Å². The molecule has 3 rings (SSSR count). The zero-order valence-electron chi connectivity index (χ0n) is 13.2. The van der Waals surface area contributed by atoms with E-state index >= 15 is 0 Å². The van der Waals surface area contributed by atoms with Crippen LogP contribution in [0.25, 0.3) is 11.2 Å². The van der Waals surface area contributed by atoms with Crippen LogP contribution in [0.15, 0.2) is 16.8 Å². The molecule has 3 aromatic heterocycles. The number of alkyl halides is 2. The van der Waals surface area contributed by atoms with Crippen LogP contribution in [0.4, 0.5) is 14.5 Å². The minimum atomic E-state index is -3.41. The van der Waals surface area contributed by atoms with Gasteiger partial charge >= 0.3 is 6.11 Å². The fraction of sp³-hybridized carbons (Fsp3) is 0.267. The third-order valence-corrected chi connectivity index (χ3v) is 3.43. The van der Waals surface area contributed by atoms with Crippen molar-refractivity contribution in [3.8, 4) is 11.8 Å². The van der Waals surface area contributed by atoms with E-state index in [1.165, 1.54) is 12.1 Å². The predicted octanol–water partition coefficient (Wildman–Crippen LogP) is 2.36. The molecule has 0 aliphatic carbocycles. The first kappa shape index (κ1) is 16.5. The van der Waals surface area contributed by atoms with Crippen molar-refractivity contribution < 1.29 is 18.1 Å². The Kier molecular flexibility index (Phi) is 3.92. The van der Waals surface area contributed by atoms with Gasteiger partial charge in [-0.3, -0.25) is 0 Å². The number of nitrogen functional groups attached to an aromatic ring is 1. The Bertz CT molecular complexity index is 990. The van der Waals surface area contributed by atoms with Gasteiger partial charge in [-0.2, -0.15) is 14.0 Å². The van der Waals surface area contributed by atoms with Crippen LogP contribution in [-0.4, -0.2) is 26.4 Å². The Balaban J connectivity index is 1.98. The second-order valence-corrected chi connectivity index (χ2v) is 5.37. The summed E-state index contributed by atoms with van der Waals surface area (Å²) in [6.45, 7) is 2.32. The number of aryl methyl sites for hydroxylation is 1. The number of rotatable bonds is 4. The van der Waals surface area contributed by atoms with E-state index < -0.39 is 6.11 Å². The lowest BCUT2D eigenvalue weighted by Crippen LogP contribution is -2.20. The maximum absolute atomic E-state index is 13.0. The van der Waals surface area contributed by atoms with E-state index in [4.69, 9.17) is 11.0 Å². The van der Waals surface area contributed by atoms with Crippen molar-refractivity contribution in [2.45, 2.75) is 26.4 Å². The Hall–Kier alpha value is -3.35. The van der Waals surface area contributed by atoms with Crippen LogP contribution < -0.4 is 10.5 Å². The molecule has 3 heterocycles. The fourth-order valence-corrected chi connectivity index (χ4v) is 2.34. The summed E-state index contributed by atoms with van der Waals surface area (Å²) < 4.78 is 35.0. The predicted molar refractivity (Wildman–Crippen MR) is 81.8 cm³/mol. The SMILES string of the molecule is Cc1nc2nonc2c(N)c1Cc1ccc(OC(C)(F)F)c(C#N)n1. The molecule has 128 valence electrons. The molecule has 0 radical (unpaired) electrons. The summed E-state index contributed by atoms with van der Waals surface area (Å²) in [6.07, 6.45) is -3.18. The van der Waals surface area contributed by atoms with Gasteiger partial charge in [-0.05, 0) is 29.4 Å². The first-order valence-corrected chi connectivity index (χ1v) is 7.12. The highest BCUT2D eigenvalue weighted by molar-refractivity contribution is 5.85. The van der Waals surface area contributed by atoms with E-state index in [1.807, 2.05) is 0 Å². The van der Waals surface area contributed by atoms with Crippen molar-refractivity contribution in [1.82, 2.24) is 20.3 Å². The van der Waals surface area contributed by atoms with Crippen molar-refractivity contribution in [3.05, 3.63) is 34.8 Å². The van der Waals surface area contributed by atoms with Crippen LogP contribution in [0, 0.1) is 18.3 Å². The number of fused-ring (bicyclic) bond motifs is 1. The van der Waals surface area contributed by atoms with Gasteiger partial charge in [0.2, 0.25) is 5.65 Å². The summed E-state index contributed by atoms with van der Waals surface area (Å²) in [5, 5.41) is 16.5. The Labute approximate surface area is 140 Å². The summed E-state index contributed by atoms with van der Waals surface area (Å²) in [4.78, 5) is 8.30. The molecule has 0 aliphatic heterocycles. The van der Waals surface area contributed by atoms with Crippen molar-refractivity contribution in [1.29, 1.82) is 5.26 Å². The van der Waals surface area contributed by atoms with Crippen LogP contribution in [0.3, 0.4) is 0 Å². The highest BCUT2D eigenvalue weighted by Gasteiger charge is 2.25. The number of pyridine rings is 2. The number of nitriles is 1. The lowest BCUT2D eigenvalue weighted by Gasteiger charge is -2.14. The number of nitrogens with two attached hydrogens (primary N) is 1.